The van der Waals surface area contributed by atoms with Gasteiger partial charge in [-0.3, -0.25) is 14.9 Å². The second-order valence-corrected chi connectivity index (χ2v) is 6.06. The van der Waals surface area contributed by atoms with Gasteiger partial charge in [-0.05, 0) is 31.5 Å². The van der Waals surface area contributed by atoms with Crippen LogP contribution < -0.4 is 20.4 Å². The molecule has 0 saturated heterocycles. The summed E-state index contributed by atoms with van der Waals surface area (Å²) in [6, 6.07) is 7.91. The largest absolute Gasteiger partial charge is 0.450 e. The number of carbonyl (C=O) groups excluding carboxylic acids is 3. The molecular weight excluding hydrogens is 336 g/mol. The first-order valence-corrected chi connectivity index (χ1v) is 8.68. The van der Waals surface area contributed by atoms with Gasteiger partial charge in [-0.1, -0.05) is 12.1 Å². The van der Waals surface area contributed by atoms with E-state index >= 15 is 0 Å². The van der Waals surface area contributed by atoms with E-state index in [4.69, 9.17) is 0 Å². The van der Waals surface area contributed by atoms with Crippen molar-refractivity contribution in [3.05, 3.63) is 29.8 Å². The lowest BCUT2D eigenvalue weighted by atomic mass is 10.2. The summed E-state index contributed by atoms with van der Waals surface area (Å²) in [4.78, 5) is 37.9. The van der Waals surface area contributed by atoms with Crippen LogP contribution in [0.2, 0.25) is 0 Å². The predicted molar refractivity (Wildman–Crippen MR) is 99.0 cm³/mol. The molecule has 3 N–H and O–H groups in total. The zero-order valence-corrected chi connectivity index (χ0v) is 15.9. The maximum atomic E-state index is 12.1. The molecule has 1 rings (SSSR count). The SMILES string of the molecule is CCOC(=O)NC(=O)C[NH+](CC)CC(=O)NCc1ccc(N(C)C)cc1. The quantitative estimate of drug-likeness (QED) is 0.551. The van der Waals surface area contributed by atoms with Crippen LogP contribution in [0.1, 0.15) is 19.4 Å². The first kappa shape index (κ1) is 21.4. The summed E-state index contributed by atoms with van der Waals surface area (Å²) < 4.78 is 4.66. The van der Waals surface area contributed by atoms with Gasteiger partial charge in [0.1, 0.15) is 0 Å². The summed E-state index contributed by atoms with van der Waals surface area (Å²) in [6.07, 6.45) is -0.765. The maximum absolute atomic E-state index is 12.1. The topological polar surface area (TPSA) is 92.2 Å². The highest BCUT2D eigenvalue weighted by molar-refractivity contribution is 5.92. The van der Waals surface area contributed by atoms with E-state index in [0.717, 1.165) is 16.2 Å². The Balaban J connectivity index is 2.41. The molecule has 0 aliphatic heterocycles. The Morgan fingerprint density at radius 3 is 2.19 bits per heavy atom. The highest BCUT2D eigenvalue weighted by Gasteiger charge is 2.18. The summed E-state index contributed by atoms with van der Waals surface area (Å²) in [5.41, 5.74) is 2.09. The number of amides is 3. The number of nitrogens with zero attached hydrogens (tertiary/aromatic N) is 1. The van der Waals surface area contributed by atoms with Crippen molar-refractivity contribution in [3.8, 4) is 0 Å². The van der Waals surface area contributed by atoms with Gasteiger partial charge in [-0.2, -0.15) is 0 Å². The molecule has 1 atom stereocenters. The molecule has 144 valence electrons. The van der Waals surface area contributed by atoms with Crippen LogP contribution in [0.5, 0.6) is 0 Å². The number of likely N-dealkylation sites (N-methyl/N-ethyl adjacent to an activating group) is 1. The Hall–Kier alpha value is -2.61. The number of nitrogens with one attached hydrogen (secondary N) is 3. The molecule has 0 bridgehead atoms. The molecule has 0 spiro atoms. The zero-order valence-electron chi connectivity index (χ0n) is 15.9. The Kier molecular flexibility index (Phi) is 9.14. The molecule has 8 heteroatoms. The van der Waals surface area contributed by atoms with Crippen molar-refractivity contribution in [1.82, 2.24) is 10.6 Å². The van der Waals surface area contributed by atoms with E-state index < -0.39 is 12.0 Å². The number of hydrogen-bond acceptors (Lipinski definition) is 5. The van der Waals surface area contributed by atoms with Crippen molar-refractivity contribution in [3.63, 3.8) is 0 Å². The predicted octanol–water partition coefficient (Wildman–Crippen LogP) is -0.454. The third-order valence-electron chi connectivity index (χ3n) is 3.78. The van der Waals surface area contributed by atoms with Gasteiger partial charge in [0.2, 0.25) is 0 Å². The first-order chi connectivity index (χ1) is 12.3. The standard InChI is InChI=1S/C18H28N4O4/c1-5-22(13-17(24)20-18(25)26-6-2)12-16(23)19-11-14-7-9-15(10-8-14)21(3)4/h7-10H,5-6,11-13H2,1-4H3,(H,19,23)(H,20,24,25)/p+1. The van der Waals surface area contributed by atoms with Gasteiger partial charge in [0.15, 0.2) is 13.1 Å². The van der Waals surface area contributed by atoms with Gasteiger partial charge in [-0.15, -0.1) is 0 Å². The van der Waals surface area contributed by atoms with E-state index in [-0.39, 0.29) is 25.6 Å². The fourth-order valence-corrected chi connectivity index (χ4v) is 2.27. The number of benzene rings is 1. The average molecular weight is 365 g/mol. The highest BCUT2D eigenvalue weighted by Crippen LogP contribution is 2.11. The molecular formula is C18H29N4O4+. The van der Waals surface area contributed by atoms with Gasteiger partial charge in [0.05, 0.1) is 13.2 Å². The van der Waals surface area contributed by atoms with Crippen LogP contribution in [0.3, 0.4) is 0 Å². The fourth-order valence-electron chi connectivity index (χ4n) is 2.27. The molecule has 3 amide bonds. The lowest BCUT2D eigenvalue weighted by Crippen LogP contribution is -3.14. The second kappa shape index (κ2) is 11.1. The molecule has 1 aromatic carbocycles. The van der Waals surface area contributed by atoms with Gasteiger partial charge in [0, 0.05) is 26.3 Å². The van der Waals surface area contributed by atoms with Crippen LogP contribution in [-0.4, -0.2) is 58.2 Å². The minimum atomic E-state index is -0.765. The molecule has 0 fully saturated rings. The normalized spacial score (nSPS) is 11.4. The Morgan fingerprint density at radius 1 is 1.04 bits per heavy atom. The van der Waals surface area contributed by atoms with Crippen molar-refractivity contribution < 1.29 is 24.0 Å². The first-order valence-electron chi connectivity index (χ1n) is 8.68. The number of alkyl carbamates (subject to hydrolysis) is 1. The van der Waals surface area contributed by atoms with Crippen molar-refractivity contribution in [2.24, 2.45) is 0 Å². The van der Waals surface area contributed by atoms with Crippen LogP contribution in [0.15, 0.2) is 24.3 Å². The number of carbonyl (C=O) groups is 3. The van der Waals surface area contributed by atoms with Gasteiger partial charge >= 0.3 is 6.09 Å². The van der Waals surface area contributed by atoms with Crippen LogP contribution >= 0.6 is 0 Å². The number of ether oxygens (including phenoxy) is 1. The van der Waals surface area contributed by atoms with Gasteiger partial charge in [0.25, 0.3) is 11.8 Å². The maximum Gasteiger partial charge on any atom is 0.414 e. The molecule has 0 heterocycles. The fraction of sp³-hybridized carbons (Fsp3) is 0.500. The summed E-state index contributed by atoms with van der Waals surface area (Å²) in [5, 5.41) is 4.98. The molecule has 26 heavy (non-hydrogen) atoms. The number of hydrogen-bond donors (Lipinski definition) is 3. The second-order valence-electron chi connectivity index (χ2n) is 6.06. The van der Waals surface area contributed by atoms with Crippen LogP contribution in [-0.2, 0) is 20.9 Å². The minimum absolute atomic E-state index is 0.0280. The van der Waals surface area contributed by atoms with E-state index in [0.29, 0.717) is 13.1 Å². The highest BCUT2D eigenvalue weighted by atomic mass is 16.5. The smallest absolute Gasteiger partial charge is 0.414 e. The number of anilines is 1. The summed E-state index contributed by atoms with van der Waals surface area (Å²) in [7, 11) is 3.94. The molecule has 1 aromatic rings. The lowest BCUT2D eigenvalue weighted by molar-refractivity contribution is -0.881. The van der Waals surface area contributed by atoms with E-state index in [2.05, 4.69) is 15.4 Å². The Labute approximate surface area is 154 Å². The minimum Gasteiger partial charge on any atom is -0.450 e. The van der Waals surface area contributed by atoms with Gasteiger partial charge in [-0.25, -0.2) is 4.79 Å². The molecule has 0 aliphatic rings. The monoisotopic (exact) mass is 365 g/mol. The van der Waals surface area contributed by atoms with Crippen molar-refractivity contribution >= 4 is 23.6 Å². The summed E-state index contributed by atoms with van der Waals surface area (Å²) in [5.74, 6) is -0.616. The molecule has 0 saturated carbocycles. The molecule has 0 aromatic heterocycles. The molecule has 0 radical (unpaired) electrons. The van der Waals surface area contributed by atoms with Gasteiger partial charge < -0.3 is 19.9 Å². The van der Waals surface area contributed by atoms with E-state index in [1.54, 1.807) is 6.92 Å². The Morgan fingerprint density at radius 2 is 1.65 bits per heavy atom. The number of imide groups is 1. The van der Waals surface area contributed by atoms with Crippen LogP contribution in [0.4, 0.5) is 10.5 Å². The van der Waals surface area contributed by atoms with Crippen LogP contribution in [0.25, 0.3) is 0 Å². The molecule has 1 unspecified atom stereocenters. The zero-order chi connectivity index (χ0) is 19.5. The third kappa shape index (κ3) is 7.98. The lowest BCUT2D eigenvalue weighted by Gasteiger charge is -2.17. The van der Waals surface area contributed by atoms with Crippen molar-refractivity contribution in [1.29, 1.82) is 0 Å². The van der Waals surface area contributed by atoms with Crippen molar-refractivity contribution in [2.75, 3.05) is 45.2 Å². The summed E-state index contributed by atoms with van der Waals surface area (Å²) in [6.45, 7) is 4.93. The van der Waals surface area contributed by atoms with E-state index in [1.165, 1.54) is 0 Å². The number of quaternary nitrogens is 1. The average Bonchev–Trinajstić information content (AvgIpc) is 2.59. The van der Waals surface area contributed by atoms with E-state index in [1.807, 2.05) is 50.2 Å². The molecule has 8 nitrogen and oxygen atoms in total. The van der Waals surface area contributed by atoms with Crippen LogP contribution in [0, 0.1) is 0 Å². The summed E-state index contributed by atoms with van der Waals surface area (Å²) >= 11 is 0. The number of rotatable bonds is 9. The Bertz CT molecular complexity index is 602. The third-order valence-corrected chi connectivity index (χ3v) is 3.78. The van der Waals surface area contributed by atoms with Crippen molar-refractivity contribution in [2.45, 2.75) is 20.4 Å². The molecule has 0 aliphatic carbocycles. The van der Waals surface area contributed by atoms with E-state index in [9.17, 15) is 14.4 Å².